The van der Waals surface area contributed by atoms with Crippen molar-refractivity contribution in [2.75, 3.05) is 0 Å². The maximum absolute atomic E-state index is 13.7. The lowest BCUT2D eigenvalue weighted by atomic mass is 10.1. The largest absolute Gasteiger partial charge is 0.305 e. The van der Waals surface area contributed by atoms with Crippen molar-refractivity contribution in [3.63, 3.8) is 0 Å². The van der Waals surface area contributed by atoms with Gasteiger partial charge in [0.1, 0.15) is 5.82 Å². The van der Waals surface area contributed by atoms with Crippen molar-refractivity contribution in [2.45, 2.75) is 19.5 Å². The highest BCUT2D eigenvalue weighted by atomic mass is 79.9. The number of thiophene rings is 1. The molecule has 1 nitrogen and oxygen atoms in total. The van der Waals surface area contributed by atoms with Crippen LogP contribution in [0.1, 0.15) is 23.4 Å². The Morgan fingerprint density at radius 3 is 2.78 bits per heavy atom. The summed E-state index contributed by atoms with van der Waals surface area (Å²) in [6.45, 7) is 2.69. The SMILES string of the molecule is CC(NCc1sccc1Br)c1cc(Br)ccc1F. The standard InChI is InChI=1S/C13H12Br2FNS/c1-8(10-6-9(14)2-3-12(10)16)17-7-13-11(15)4-5-18-13/h2-6,8,17H,7H2,1H3. The van der Waals surface area contributed by atoms with Gasteiger partial charge in [0, 0.05) is 32.0 Å². The second-order valence-electron chi connectivity index (χ2n) is 3.96. The Morgan fingerprint density at radius 2 is 2.11 bits per heavy atom. The molecule has 0 bridgehead atoms. The first-order valence-electron chi connectivity index (χ1n) is 5.48. The van der Waals surface area contributed by atoms with Gasteiger partial charge in [0.05, 0.1) is 0 Å². The van der Waals surface area contributed by atoms with Gasteiger partial charge in [0.25, 0.3) is 0 Å². The van der Waals surface area contributed by atoms with Crippen LogP contribution in [0.25, 0.3) is 0 Å². The highest BCUT2D eigenvalue weighted by Gasteiger charge is 2.11. The molecule has 1 N–H and O–H groups in total. The topological polar surface area (TPSA) is 12.0 Å². The third-order valence-corrected chi connectivity index (χ3v) is 5.10. The van der Waals surface area contributed by atoms with E-state index in [1.165, 1.54) is 10.9 Å². The van der Waals surface area contributed by atoms with Crippen LogP contribution in [0.3, 0.4) is 0 Å². The van der Waals surface area contributed by atoms with E-state index in [2.05, 4.69) is 37.2 Å². The van der Waals surface area contributed by atoms with Crippen LogP contribution >= 0.6 is 43.2 Å². The Hall–Kier alpha value is -0.230. The molecular formula is C13H12Br2FNS. The number of hydrogen-bond acceptors (Lipinski definition) is 2. The fourth-order valence-corrected chi connectivity index (χ4v) is 3.48. The van der Waals surface area contributed by atoms with Gasteiger partial charge < -0.3 is 5.32 Å². The van der Waals surface area contributed by atoms with Crippen LogP contribution in [0.4, 0.5) is 4.39 Å². The minimum absolute atomic E-state index is 0.0310. The molecular weight excluding hydrogens is 381 g/mol. The molecule has 1 heterocycles. The second kappa shape index (κ2) is 6.28. The summed E-state index contributed by atoms with van der Waals surface area (Å²) in [5.41, 5.74) is 0.678. The molecule has 1 aromatic heterocycles. The summed E-state index contributed by atoms with van der Waals surface area (Å²) in [6.07, 6.45) is 0. The monoisotopic (exact) mass is 391 g/mol. The van der Waals surface area contributed by atoms with E-state index in [0.29, 0.717) is 5.56 Å². The van der Waals surface area contributed by atoms with Gasteiger partial charge in [0.2, 0.25) is 0 Å². The molecule has 0 saturated heterocycles. The average Bonchev–Trinajstić information content (AvgIpc) is 2.75. The minimum Gasteiger partial charge on any atom is -0.305 e. The number of benzene rings is 1. The average molecular weight is 393 g/mol. The van der Waals surface area contributed by atoms with E-state index in [-0.39, 0.29) is 11.9 Å². The van der Waals surface area contributed by atoms with Crippen molar-refractivity contribution >= 4 is 43.2 Å². The Balaban J connectivity index is 2.06. The van der Waals surface area contributed by atoms with Crippen LogP contribution in [0.5, 0.6) is 0 Å². The molecule has 96 valence electrons. The lowest BCUT2D eigenvalue weighted by Gasteiger charge is -2.15. The molecule has 1 atom stereocenters. The number of hydrogen-bond donors (Lipinski definition) is 1. The molecule has 0 aliphatic rings. The molecule has 0 radical (unpaired) electrons. The van der Waals surface area contributed by atoms with Crippen LogP contribution in [0.2, 0.25) is 0 Å². The molecule has 5 heteroatoms. The predicted octanol–water partition coefficient (Wildman–Crippen LogP) is 5.26. The Labute approximate surface area is 127 Å². The molecule has 0 saturated carbocycles. The summed E-state index contributed by atoms with van der Waals surface area (Å²) in [6, 6.07) is 7.00. The molecule has 0 aliphatic carbocycles. The third-order valence-electron chi connectivity index (χ3n) is 2.68. The molecule has 2 rings (SSSR count). The van der Waals surface area contributed by atoms with Crippen molar-refractivity contribution in [2.24, 2.45) is 0 Å². The van der Waals surface area contributed by atoms with Crippen molar-refractivity contribution < 1.29 is 4.39 Å². The Bertz CT molecular complexity index is 542. The van der Waals surface area contributed by atoms with E-state index in [0.717, 1.165) is 15.5 Å². The van der Waals surface area contributed by atoms with Crippen LogP contribution in [0.15, 0.2) is 38.6 Å². The predicted molar refractivity (Wildman–Crippen MR) is 81.4 cm³/mol. The molecule has 0 fully saturated rings. The highest BCUT2D eigenvalue weighted by molar-refractivity contribution is 9.10. The van der Waals surface area contributed by atoms with Gasteiger partial charge in [-0.15, -0.1) is 11.3 Å². The van der Waals surface area contributed by atoms with Crippen LogP contribution < -0.4 is 5.32 Å². The van der Waals surface area contributed by atoms with Gasteiger partial charge in [-0.1, -0.05) is 15.9 Å². The Morgan fingerprint density at radius 1 is 1.33 bits per heavy atom. The lowest BCUT2D eigenvalue weighted by molar-refractivity contribution is 0.529. The zero-order valence-corrected chi connectivity index (χ0v) is 13.7. The number of nitrogens with one attached hydrogen (secondary N) is 1. The van der Waals surface area contributed by atoms with Gasteiger partial charge in [-0.3, -0.25) is 0 Å². The first kappa shape index (κ1) is 14.2. The van der Waals surface area contributed by atoms with Gasteiger partial charge in [0.15, 0.2) is 0 Å². The molecule has 0 aliphatic heterocycles. The summed E-state index contributed by atoms with van der Waals surface area (Å²) in [4.78, 5) is 1.22. The molecule has 0 spiro atoms. The maximum atomic E-state index is 13.7. The molecule has 2 aromatic rings. The normalized spacial score (nSPS) is 12.7. The second-order valence-corrected chi connectivity index (χ2v) is 6.73. The molecule has 1 aromatic carbocycles. The zero-order chi connectivity index (χ0) is 13.1. The summed E-state index contributed by atoms with van der Waals surface area (Å²) >= 11 is 8.54. The first-order valence-corrected chi connectivity index (χ1v) is 7.94. The van der Waals surface area contributed by atoms with Crippen LogP contribution in [-0.2, 0) is 6.54 Å². The van der Waals surface area contributed by atoms with Gasteiger partial charge in [-0.05, 0) is 52.5 Å². The fourth-order valence-electron chi connectivity index (χ4n) is 1.65. The zero-order valence-electron chi connectivity index (χ0n) is 9.71. The summed E-state index contributed by atoms with van der Waals surface area (Å²) < 4.78 is 15.7. The van der Waals surface area contributed by atoms with Crippen LogP contribution in [-0.4, -0.2) is 0 Å². The lowest BCUT2D eigenvalue weighted by Crippen LogP contribution is -2.18. The van der Waals surface area contributed by atoms with E-state index < -0.39 is 0 Å². The highest BCUT2D eigenvalue weighted by Crippen LogP contribution is 2.25. The summed E-state index contributed by atoms with van der Waals surface area (Å²) in [5, 5.41) is 5.36. The van der Waals surface area contributed by atoms with Crippen molar-refractivity contribution in [3.05, 3.63) is 54.8 Å². The van der Waals surface area contributed by atoms with E-state index in [9.17, 15) is 4.39 Å². The van der Waals surface area contributed by atoms with E-state index in [4.69, 9.17) is 0 Å². The van der Waals surface area contributed by atoms with Crippen molar-refractivity contribution in [1.29, 1.82) is 0 Å². The number of rotatable bonds is 4. The van der Waals surface area contributed by atoms with E-state index >= 15 is 0 Å². The van der Waals surface area contributed by atoms with Gasteiger partial charge in [-0.2, -0.15) is 0 Å². The van der Waals surface area contributed by atoms with Gasteiger partial charge in [-0.25, -0.2) is 4.39 Å². The smallest absolute Gasteiger partial charge is 0.128 e. The molecule has 1 unspecified atom stereocenters. The third kappa shape index (κ3) is 3.41. The summed E-state index contributed by atoms with van der Waals surface area (Å²) in [7, 11) is 0. The van der Waals surface area contributed by atoms with E-state index in [1.807, 2.05) is 24.4 Å². The minimum atomic E-state index is -0.177. The van der Waals surface area contributed by atoms with E-state index in [1.54, 1.807) is 17.4 Å². The quantitative estimate of drug-likeness (QED) is 0.747. The Kier molecular flexibility index (Phi) is 4.95. The molecule has 0 amide bonds. The van der Waals surface area contributed by atoms with Crippen molar-refractivity contribution in [3.8, 4) is 0 Å². The number of halogens is 3. The van der Waals surface area contributed by atoms with Crippen molar-refractivity contribution in [1.82, 2.24) is 5.32 Å². The maximum Gasteiger partial charge on any atom is 0.128 e. The van der Waals surface area contributed by atoms with Gasteiger partial charge >= 0.3 is 0 Å². The first-order chi connectivity index (χ1) is 8.58. The molecule has 18 heavy (non-hydrogen) atoms. The summed E-state index contributed by atoms with van der Waals surface area (Å²) in [5.74, 6) is -0.177. The fraction of sp³-hybridized carbons (Fsp3) is 0.231. The van der Waals surface area contributed by atoms with Crippen LogP contribution in [0, 0.1) is 5.82 Å².